The Morgan fingerprint density at radius 2 is 0.783 bits per heavy atom. The van der Waals surface area contributed by atoms with Crippen LogP contribution in [0.4, 0.5) is 0 Å². The predicted octanol–water partition coefficient (Wildman–Crippen LogP) is 7.82. The van der Waals surface area contributed by atoms with Crippen molar-refractivity contribution in [3.8, 4) is 0 Å². The molecule has 0 aliphatic heterocycles. The second-order valence-electron chi connectivity index (χ2n) is 7.53. The summed E-state index contributed by atoms with van der Waals surface area (Å²) in [5.74, 6) is 0. The van der Waals surface area contributed by atoms with E-state index in [1.807, 2.05) is 7.11 Å². The molecule has 0 bridgehead atoms. The zero-order chi connectivity index (χ0) is 17.2. The molecule has 0 rings (SSSR count). The van der Waals surface area contributed by atoms with Crippen molar-refractivity contribution in [2.45, 2.75) is 111 Å². The molecule has 0 atom stereocenters. The minimum atomic E-state index is -1.44. The van der Waals surface area contributed by atoms with Gasteiger partial charge in [-0.1, -0.05) is 0 Å². The van der Waals surface area contributed by atoms with Crippen LogP contribution in [0.5, 0.6) is 0 Å². The Morgan fingerprint density at radius 1 is 0.478 bits per heavy atom. The van der Waals surface area contributed by atoms with Gasteiger partial charge in [0.05, 0.1) is 0 Å². The number of hydrogen-bond donors (Lipinski definition) is 0. The average Bonchev–Trinajstić information content (AvgIpc) is 2.58. The van der Waals surface area contributed by atoms with Crippen molar-refractivity contribution in [1.82, 2.24) is 0 Å². The molecule has 0 unspecified atom stereocenters. The predicted molar refractivity (Wildman–Crippen MR) is 112 cm³/mol. The van der Waals surface area contributed by atoms with E-state index in [0.717, 1.165) is 0 Å². The summed E-state index contributed by atoms with van der Waals surface area (Å²) in [7, 11) is 0.593. The van der Waals surface area contributed by atoms with Gasteiger partial charge in [-0.3, -0.25) is 0 Å². The molecule has 142 valence electrons. The van der Waals surface area contributed by atoms with Gasteiger partial charge < -0.3 is 0 Å². The topological polar surface area (TPSA) is 9.23 Å². The van der Waals surface area contributed by atoms with Crippen LogP contribution >= 0.6 is 7.49 Å². The quantitative estimate of drug-likeness (QED) is 0.181. The number of hydrogen-bond acceptors (Lipinski definition) is 1. The summed E-state index contributed by atoms with van der Waals surface area (Å²) in [4.78, 5) is 0. The van der Waals surface area contributed by atoms with Gasteiger partial charge in [-0.05, 0) is 0 Å². The van der Waals surface area contributed by atoms with Crippen molar-refractivity contribution in [3.05, 3.63) is 0 Å². The summed E-state index contributed by atoms with van der Waals surface area (Å²) in [6.45, 7) is 6.92. The zero-order valence-corrected chi connectivity index (χ0v) is 17.9. The number of unbranched alkanes of at least 4 members (excludes halogenated alkanes) is 11. The molecule has 0 saturated carbocycles. The summed E-state index contributed by atoms with van der Waals surface area (Å²) in [6, 6.07) is 0. The Hall–Kier alpha value is 0.390. The third-order valence-corrected chi connectivity index (χ3v) is 10.1. The molecule has 0 aromatic rings. The van der Waals surface area contributed by atoms with Crippen LogP contribution in [0.3, 0.4) is 0 Å². The van der Waals surface area contributed by atoms with Crippen molar-refractivity contribution in [2.24, 2.45) is 0 Å². The van der Waals surface area contributed by atoms with Crippen molar-refractivity contribution < 1.29 is 4.52 Å². The summed E-state index contributed by atoms with van der Waals surface area (Å²) in [5.41, 5.74) is 0. The first-order valence-electron chi connectivity index (χ1n) is 10.8. The first-order chi connectivity index (χ1) is 11.2. The van der Waals surface area contributed by atoms with Crippen LogP contribution in [-0.4, -0.2) is 25.6 Å². The molecule has 0 aliphatic rings. The Bertz CT molecular complexity index is 218. The van der Waals surface area contributed by atoms with E-state index in [1.165, 1.54) is 108 Å². The Kier molecular flexibility index (Phi) is 17.5. The molecular formula is C21H47OP. The van der Waals surface area contributed by atoms with Crippen LogP contribution in [0.25, 0.3) is 0 Å². The zero-order valence-electron chi connectivity index (χ0n) is 16.9. The van der Waals surface area contributed by atoms with Gasteiger partial charge in [0.2, 0.25) is 0 Å². The monoisotopic (exact) mass is 346 g/mol. The standard InChI is InChI=1S/C21H47OP/c1-5-8-11-14-15-18-21-23(22-4,19-16-12-9-6-2)20-17-13-10-7-3/h23H,5-21H2,1-4H3. The summed E-state index contributed by atoms with van der Waals surface area (Å²) in [5, 5.41) is 0. The molecule has 0 aliphatic carbocycles. The van der Waals surface area contributed by atoms with E-state index < -0.39 is 7.49 Å². The van der Waals surface area contributed by atoms with Crippen molar-refractivity contribution >= 4 is 7.49 Å². The average molecular weight is 347 g/mol. The normalized spacial score (nSPS) is 12.7. The van der Waals surface area contributed by atoms with E-state index in [2.05, 4.69) is 20.8 Å². The molecule has 0 heterocycles. The molecule has 1 nitrogen and oxygen atoms in total. The van der Waals surface area contributed by atoms with Crippen molar-refractivity contribution in [1.29, 1.82) is 0 Å². The van der Waals surface area contributed by atoms with E-state index >= 15 is 0 Å². The maximum absolute atomic E-state index is 6.26. The van der Waals surface area contributed by atoms with E-state index in [-0.39, 0.29) is 0 Å². The van der Waals surface area contributed by atoms with E-state index in [1.54, 1.807) is 0 Å². The van der Waals surface area contributed by atoms with Gasteiger partial charge in [0, 0.05) is 0 Å². The first kappa shape index (κ1) is 23.4. The van der Waals surface area contributed by atoms with Gasteiger partial charge >= 0.3 is 148 Å². The van der Waals surface area contributed by atoms with Crippen molar-refractivity contribution in [3.63, 3.8) is 0 Å². The van der Waals surface area contributed by atoms with Crippen LogP contribution in [-0.2, 0) is 4.52 Å². The van der Waals surface area contributed by atoms with Crippen LogP contribution in [0.15, 0.2) is 0 Å². The van der Waals surface area contributed by atoms with E-state index in [0.29, 0.717) is 0 Å². The fourth-order valence-electron chi connectivity index (χ4n) is 3.66. The van der Waals surface area contributed by atoms with Gasteiger partial charge in [0.15, 0.2) is 0 Å². The van der Waals surface area contributed by atoms with Crippen molar-refractivity contribution in [2.75, 3.05) is 25.6 Å². The molecular weight excluding hydrogens is 299 g/mol. The molecule has 0 N–H and O–H groups in total. The molecule has 0 spiro atoms. The second kappa shape index (κ2) is 17.2. The molecule has 2 heteroatoms. The molecule has 0 aromatic heterocycles. The fourth-order valence-corrected chi connectivity index (χ4v) is 7.70. The molecule has 0 amide bonds. The Labute approximate surface area is 148 Å². The van der Waals surface area contributed by atoms with E-state index in [9.17, 15) is 0 Å². The third kappa shape index (κ3) is 13.4. The molecule has 0 saturated heterocycles. The van der Waals surface area contributed by atoms with Gasteiger partial charge in [-0.2, -0.15) is 0 Å². The molecule has 23 heavy (non-hydrogen) atoms. The van der Waals surface area contributed by atoms with E-state index in [4.69, 9.17) is 4.52 Å². The maximum atomic E-state index is 6.26. The van der Waals surface area contributed by atoms with Crippen LogP contribution in [0.2, 0.25) is 0 Å². The number of rotatable bonds is 18. The van der Waals surface area contributed by atoms with Gasteiger partial charge in [0.1, 0.15) is 0 Å². The summed E-state index contributed by atoms with van der Waals surface area (Å²) in [6.07, 6.45) is 23.9. The summed E-state index contributed by atoms with van der Waals surface area (Å²) < 4.78 is 6.26. The van der Waals surface area contributed by atoms with Crippen LogP contribution < -0.4 is 0 Å². The van der Waals surface area contributed by atoms with Crippen LogP contribution in [0.1, 0.15) is 111 Å². The Balaban J connectivity index is 4.19. The molecule has 0 fully saturated rings. The fraction of sp³-hybridized carbons (Fsp3) is 1.00. The first-order valence-corrected chi connectivity index (χ1v) is 13.3. The van der Waals surface area contributed by atoms with Crippen LogP contribution in [0, 0.1) is 0 Å². The molecule has 0 aromatic carbocycles. The van der Waals surface area contributed by atoms with Gasteiger partial charge in [-0.25, -0.2) is 0 Å². The SMILES string of the molecule is CCCCCCCC[PH](CCCCCC)(CCCCCC)OC. The van der Waals surface area contributed by atoms with Gasteiger partial charge in [-0.15, -0.1) is 0 Å². The second-order valence-corrected chi connectivity index (χ2v) is 11.8. The molecule has 0 radical (unpaired) electrons. The summed E-state index contributed by atoms with van der Waals surface area (Å²) >= 11 is 0. The Morgan fingerprint density at radius 3 is 1.13 bits per heavy atom. The van der Waals surface area contributed by atoms with Gasteiger partial charge in [0.25, 0.3) is 0 Å². The third-order valence-electron chi connectivity index (χ3n) is 5.39. The minimum absolute atomic E-state index is 1.34.